The second kappa shape index (κ2) is 4.92. The zero-order valence-electron chi connectivity index (χ0n) is 9.02. The summed E-state index contributed by atoms with van der Waals surface area (Å²) in [6.45, 7) is 1.97. The summed E-state index contributed by atoms with van der Waals surface area (Å²) in [7, 11) is 3.42. The summed E-state index contributed by atoms with van der Waals surface area (Å²) >= 11 is 3.34. The van der Waals surface area contributed by atoms with Crippen molar-refractivity contribution in [3.63, 3.8) is 0 Å². The highest BCUT2D eigenvalue weighted by Gasteiger charge is 2.18. The molecule has 0 aliphatic heterocycles. The summed E-state index contributed by atoms with van der Waals surface area (Å²) in [5.74, 6) is -1.42. The fraction of sp³-hybridized carbons (Fsp3) is 0.455. The molecular formula is C11H14BrF2N. The third-order valence-electron chi connectivity index (χ3n) is 2.31. The molecule has 0 saturated heterocycles. The number of benzene rings is 1. The SMILES string of the molecule is CC(CBr)c1ccc(F)c(F)c1N(C)C. The van der Waals surface area contributed by atoms with Gasteiger partial charge < -0.3 is 4.90 Å². The molecule has 0 spiro atoms. The number of hydrogen-bond donors (Lipinski definition) is 0. The monoisotopic (exact) mass is 277 g/mol. The second-order valence-corrected chi connectivity index (χ2v) is 4.40. The highest BCUT2D eigenvalue weighted by atomic mass is 79.9. The molecule has 1 unspecified atom stereocenters. The molecule has 0 radical (unpaired) electrons. The first-order valence-electron chi connectivity index (χ1n) is 4.70. The quantitative estimate of drug-likeness (QED) is 0.764. The van der Waals surface area contributed by atoms with E-state index in [0.717, 1.165) is 10.9 Å². The number of anilines is 1. The molecule has 84 valence electrons. The fourth-order valence-corrected chi connectivity index (χ4v) is 1.84. The van der Waals surface area contributed by atoms with E-state index < -0.39 is 11.6 Å². The molecule has 0 aliphatic carbocycles. The van der Waals surface area contributed by atoms with Gasteiger partial charge in [-0.15, -0.1) is 0 Å². The minimum absolute atomic E-state index is 0.150. The Labute approximate surface area is 97.2 Å². The molecule has 0 saturated carbocycles. The summed E-state index contributed by atoms with van der Waals surface area (Å²) in [6.07, 6.45) is 0. The van der Waals surface area contributed by atoms with Crippen LogP contribution in [0.4, 0.5) is 14.5 Å². The minimum atomic E-state index is -0.802. The summed E-state index contributed by atoms with van der Waals surface area (Å²) in [6, 6.07) is 2.82. The van der Waals surface area contributed by atoms with Crippen LogP contribution in [0.2, 0.25) is 0 Å². The maximum absolute atomic E-state index is 13.6. The van der Waals surface area contributed by atoms with Crippen molar-refractivity contribution in [2.45, 2.75) is 12.8 Å². The molecule has 0 bridgehead atoms. The van der Waals surface area contributed by atoms with Crippen LogP contribution in [0.5, 0.6) is 0 Å². The van der Waals surface area contributed by atoms with Crippen molar-refractivity contribution >= 4 is 21.6 Å². The van der Waals surface area contributed by atoms with Crippen LogP contribution in [0.25, 0.3) is 0 Å². The molecule has 4 heteroatoms. The Balaban J connectivity index is 3.33. The molecule has 1 rings (SSSR count). The van der Waals surface area contributed by atoms with E-state index in [4.69, 9.17) is 0 Å². The van der Waals surface area contributed by atoms with Crippen molar-refractivity contribution in [2.75, 3.05) is 24.3 Å². The molecule has 1 aromatic rings. The van der Waals surface area contributed by atoms with Gasteiger partial charge in [0.25, 0.3) is 0 Å². The average Bonchev–Trinajstić information content (AvgIpc) is 2.20. The molecule has 0 heterocycles. The van der Waals surface area contributed by atoms with Gasteiger partial charge in [0.2, 0.25) is 0 Å². The van der Waals surface area contributed by atoms with E-state index in [2.05, 4.69) is 15.9 Å². The van der Waals surface area contributed by atoms with Gasteiger partial charge in [0.1, 0.15) is 0 Å². The molecule has 0 fully saturated rings. The average molecular weight is 278 g/mol. The first kappa shape index (κ1) is 12.4. The maximum Gasteiger partial charge on any atom is 0.182 e. The topological polar surface area (TPSA) is 3.24 Å². The smallest absolute Gasteiger partial charge is 0.182 e. The molecule has 1 atom stereocenters. The Morgan fingerprint density at radius 1 is 1.33 bits per heavy atom. The lowest BCUT2D eigenvalue weighted by molar-refractivity contribution is 0.506. The summed E-state index contributed by atoms with van der Waals surface area (Å²) in [4.78, 5) is 1.60. The molecule has 1 aromatic carbocycles. The van der Waals surface area contributed by atoms with E-state index >= 15 is 0 Å². The van der Waals surface area contributed by atoms with Crippen molar-refractivity contribution in [2.24, 2.45) is 0 Å². The number of hydrogen-bond acceptors (Lipinski definition) is 1. The van der Waals surface area contributed by atoms with E-state index in [9.17, 15) is 8.78 Å². The molecular weight excluding hydrogens is 264 g/mol. The largest absolute Gasteiger partial charge is 0.375 e. The Morgan fingerprint density at radius 2 is 1.93 bits per heavy atom. The standard InChI is InChI=1S/C11H14BrF2N/c1-7(6-12)8-4-5-9(13)10(14)11(8)15(2)3/h4-5,7H,6H2,1-3H3. The van der Waals surface area contributed by atoms with Crippen LogP contribution in [0.1, 0.15) is 18.4 Å². The first-order chi connectivity index (χ1) is 6.99. The van der Waals surface area contributed by atoms with E-state index in [1.165, 1.54) is 6.07 Å². The molecule has 0 N–H and O–H groups in total. The van der Waals surface area contributed by atoms with Gasteiger partial charge in [-0.1, -0.05) is 28.9 Å². The lowest BCUT2D eigenvalue weighted by atomic mass is 10.00. The predicted molar refractivity (Wildman–Crippen MR) is 62.9 cm³/mol. The molecule has 0 aromatic heterocycles. The normalized spacial score (nSPS) is 12.7. The van der Waals surface area contributed by atoms with Crippen molar-refractivity contribution in [3.05, 3.63) is 29.3 Å². The van der Waals surface area contributed by atoms with Crippen LogP contribution in [-0.2, 0) is 0 Å². The van der Waals surface area contributed by atoms with Crippen LogP contribution in [-0.4, -0.2) is 19.4 Å². The Kier molecular flexibility index (Phi) is 4.08. The third kappa shape index (κ3) is 2.48. The van der Waals surface area contributed by atoms with E-state index in [-0.39, 0.29) is 5.92 Å². The number of rotatable bonds is 3. The second-order valence-electron chi connectivity index (χ2n) is 3.75. The van der Waals surface area contributed by atoms with Crippen LogP contribution in [0.15, 0.2) is 12.1 Å². The Hall–Kier alpha value is -0.640. The van der Waals surface area contributed by atoms with Crippen LogP contribution >= 0.6 is 15.9 Å². The minimum Gasteiger partial charge on any atom is -0.375 e. The van der Waals surface area contributed by atoms with Crippen molar-refractivity contribution in [3.8, 4) is 0 Å². The molecule has 0 amide bonds. The van der Waals surface area contributed by atoms with E-state index in [1.807, 2.05) is 6.92 Å². The summed E-state index contributed by atoms with van der Waals surface area (Å²) in [5, 5.41) is 0.721. The summed E-state index contributed by atoms with van der Waals surface area (Å²) < 4.78 is 26.7. The molecule has 0 aliphatic rings. The predicted octanol–water partition coefficient (Wildman–Crippen LogP) is 3.53. The van der Waals surface area contributed by atoms with Gasteiger partial charge in [-0.3, -0.25) is 0 Å². The fourth-order valence-electron chi connectivity index (χ4n) is 1.49. The van der Waals surface area contributed by atoms with Crippen LogP contribution in [0, 0.1) is 11.6 Å². The maximum atomic E-state index is 13.6. The number of alkyl halides is 1. The number of halogens is 3. The van der Waals surface area contributed by atoms with Gasteiger partial charge in [-0.25, -0.2) is 8.78 Å². The Morgan fingerprint density at radius 3 is 2.40 bits per heavy atom. The zero-order valence-corrected chi connectivity index (χ0v) is 10.6. The van der Waals surface area contributed by atoms with Crippen molar-refractivity contribution in [1.82, 2.24) is 0 Å². The first-order valence-corrected chi connectivity index (χ1v) is 5.82. The van der Waals surface area contributed by atoms with Gasteiger partial charge in [0.15, 0.2) is 11.6 Å². The van der Waals surface area contributed by atoms with Crippen molar-refractivity contribution < 1.29 is 8.78 Å². The van der Waals surface area contributed by atoms with Gasteiger partial charge in [0, 0.05) is 19.4 Å². The van der Waals surface area contributed by atoms with Crippen LogP contribution in [0.3, 0.4) is 0 Å². The highest BCUT2D eigenvalue weighted by Crippen LogP contribution is 2.31. The van der Waals surface area contributed by atoms with Crippen molar-refractivity contribution in [1.29, 1.82) is 0 Å². The molecule has 1 nitrogen and oxygen atoms in total. The number of nitrogens with zero attached hydrogens (tertiary/aromatic N) is 1. The van der Waals surface area contributed by atoms with Gasteiger partial charge in [0.05, 0.1) is 5.69 Å². The zero-order chi connectivity index (χ0) is 11.6. The summed E-state index contributed by atoms with van der Waals surface area (Å²) in [5.41, 5.74) is 1.15. The van der Waals surface area contributed by atoms with Crippen LogP contribution < -0.4 is 4.90 Å². The highest BCUT2D eigenvalue weighted by molar-refractivity contribution is 9.09. The van der Waals surface area contributed by atoms with Gasteiger partial charge in [-0.05, 0) is 17.5 Å². The third-order valence-corrected chi connectivity index (χ3v) is 3.28. The lowest BCUT2D eigenvalue weighted by Crippen LogP contribution is -2.15. The lowest BCUT2D eigenvalue weighted by Gasteiger charge is -2.21. The van der Waals surface area contributed by atoms with E-state index in [1.54, 1.807) is 25.1 Å². The van der Waals surface area contributed by atoms with Gasteiger partial charge >= 0.3 is 0 Å². The molecule has 15 heavy (non-hydrogen) atoms. The Bertz CT molecular complexity index is 353. The van der Waals surface area contributed by atoms with E-state index in [0.29, 0.717) is 5.69 Å². The van der Waals surface area contributed by atoms with Gasteiger partial charge in [-0.2, -0.15) is 0 Å².